The second kappa shape index (κ2) is 8.61. The largest absolute Gasteiger partial charge is 0.339 e. The third kappa shape index (κ3) is 4.17. The van der Waals surface area contributed by atoms with Gasteiger partial charge in [0.15, 0.2) is 0 Å². The number of nitrogens with one attached hydrogen (secondary N) is 1. The molecular weight excluding hydrogens is 383 g/mol. The second-order valence-corrected chi connectivity index (χ2v) is 7.63. The fourth-order valence-corrected chi connectivity index (χ4v) is 3.71. The van der Waals surface area contributed by atoms with E-state index in [-0.39, 0.29) is 17.6 Å². The van der Waals surface area contributed by atoms with Crippen molar-refractivity contribution >= 4 is 17.5 Å². The second-order valence-electron chi connectivity index (χ2n) is 7.63. The van der Waals surface area contributed by atoms with Crippen molar-refractivity contribution < 1.29 is 9.18 Å². The van der Waals surface area contributed by atoms with Crippen LogP contribution in [0, 0.1) is 18.7 Å². The molecule has 0 saturated carbocycles. The summed E-state index contributed by atoms with van der Waals surface area (Å²) in [6.07, 6.45) is 2.31. The molecule has 156 valence electrons. The van der Waals surface area contributed by atoms with Crippen molar-refractivity contribution in [3.05, 3.63) is 59.4 Å². The van der Waals surface area contributed by atoms with Crippen molar-refractivity contribution in [3.63, 3.8) is 0 Å². The van der Waals surface area contributed by atoms with Crippen LogP contribution in [0.2, 0.25) is 0 Å². The first kappa shape index (κ1) is 20.0. The van der Waals surface area contributed by atoms with Crippen LogP contribution in [0.3, 0.4) is 0 Å². The lowest BCUT2D eigenvalue weighted by Crippen LogP contribution is -2.39. The van der Waals surface area contributed by atoms with Gasteiger partial charge in [-0.2, -0.15) is 4.68 Å². The lowest BCUT2D eigenvalue weighted by Gasteiger charge is -2.31. The molecule has 1 N–H and O–H groups in total. The first-order chi connectivity index (χ1) is 14.5. The van der Waals surface area contributed by atoms with Crippen LogP contribution in [-0.4, -0.2) is 39.2 Å². The van der Waals surface area contributed by atoms with Crippen LogP contribution in [0.25, 0.3) is 5.69 Å². The molecule has 1 fully saturated rings. The Morgan fingerprint density at radius 3 is 2.73 bits per heavy atom. The third-order valence-electron chi connectivity index (χ3n) is 5.60. The number of aromatic nitrogens is 4. The molecule has 0 atom stereocenters. The molecule has 7 nitrogen and oxygen atoms in total. The van der Waals surface area contributed by atoms with E-state index >= 15 is 0 Å². The molecule has 0 aliphatic carbocycles. The molecule has 0 bridgehead atoms. The maximum Gasteiger partial charge on any atom is 0.250 e. The van der Waals surface area contributed by atoms with Crippen LogP contribution in [0.4, 0.5) is 16.0 Å². The fourth-order valence-electron chi connectivity index (χ4n) is 3.71. The van der Waals surface area contributed by atoms with Gasteiger partial charge in [-0.15, -0.1) is 0 Å². The first-order valence-electron chi connectivity index (χ1n) is 10.2. The van der Waals surface area contributed by atoms with E-state index in [9.17, 15) is 9.18 Å². The SMILES string of the molecule is CCc1cccc(-n2nnnc2N2CCC(C(=O)Nc3ccc(C)c(F)c3)CC2)c1. The van der Waals surface area contributed by atoms with Gasteiger partial charge in [0.2, 0.25) is 11.9 Å². The number of carbonyl (C=O) groups is 1. The van der Waals surface area contributed by atoms with E-state index in [0.717, 1.165) is 12.1 Å². The van der Waals surface area contributed by atoms with Crippen LogP contribution in [0.1, 0.15) is 30.9 Å². The van der Waals surface area contributed by atoms with E-state index < -0.39 is 0 Å². The summed E-state index contributed by atoms with van der Waals surface area (Å²) in [7, 11) is 0. The van der Waals surface area contributed by atoms with Crippen molar-refractivity contribution in [2.75, 3.05) is 23.3 Å². The number of amides is 1. The average Bonchev–Trinajstić information content (AvgIpc) is 3.26. The van der Waals surface area contributed by atoms with Crippen LogP contribution in [0.15, 0.2) is 42.5 Å². The number of carbonyl (C=O) groups excluding carboxylic acids is 1. The van der Waals surface area contributed by atoms with Crippen molar-refractivity contribution in [2.24, 2.45) is 5.92 Å². The van der Waals surface area contributed by atoms with Gasteiger partial charge < -0.3 is 10.2 Å². The molecule has 1 aliphatic rings. The zero-order valence-electron chi connectivity index (χ0n) is 17.2. The highest BCUT2D eigenvalue weighted by Crippen LogP contribution is 2.25. The Kier molecular flexibility index (Phi) is 5.74. The van der Waals surface area contributed by atoms with Gasteiger partial charge in [-0.1, -0.05) is 30.2 Å². The molecule has 0 unspecified atom stereocenters. The van der Waals surface area contributed by atoms with Crippen LogP contribution < -0.4 is 10.2 Å². The molecule has 1 amide bonds. The number of piperidine rings is 1. The summed E-state index contributed by atoms with van der Waals surface area (Å²) in [5.74, 6) is 0.163. The molecule has 8 heteroatoms. The van der Waals surface area contributed by atoms with Gasteiger partial charge >= 0.3 is 0 Å². The minimum Gasteiger partial charge on any atom is -0.339 e. The number of tetrazole rings is 1. The van der Waals surface area contributed by atoms with Crippen LogP contribution in [-0.2, 0) is 11.2 Å². The number of rotatable bonds is 5. The van der Waals surface area contributed by atoms with Crippen LogP contribution >= 0.6 is 0 Å². The van der Waals surface area contributed by atoms with Crippen molar-refractivity contribution in [2.45, 2.75) is 33.1 Å². The molecule has 1 aliphatic heterocycles. The predicted molar refractivity (Wildman–Crippen MR) is 113 cm³/mol. The summed E-state index contributed by atoms with van der Waals surface area (Å²) < 4.78 is 15.5. The smallest absolute Gasteiger partial charge is 0.250 e. The van der Waals surface area contributed by atoms with Crippen molar-refractivity contribution in [1.29, 1.82) is 0 Å². The van der Waals surface area contributed by atoms with Gasteiger partial charge in [-0.25, -0.2) is 4.39 Å². The lowest BCUT2D eigenvalue weighted by molar-refractivity contribution is -0.120. The van der Waals surface area contributed by atoms with Gasteiger partial charge in [-0.3, -0.25) is 4.79 Å². The van der Waals surface area contributed by atoms with Crippen LogP contribution in [0.5, 0.6) is 0 Å². The topological polar surface area (TPSA) is 75.9 Å². The van der Waals surface area contributed by atoms with E-state index in [1.807, 2.05) is 12.1 Å². The highest BCUT2D eigenvalue weighted by Gasteiger charge is 2.28. The summed E-state index contributed by atoms with van der Waals surface area (Å²) in [5.41, 5.74) is 3.20. The normalized spacial score (nSPS) is 14.7. The zero-order valence-corrected chi connectivity index (χ0v) is 17.2. The lowest BCUT2D eigenvalue weighted by atomic mass is 9.96. The van der Waals surface area contributed by atoms with E-state index in [4.69, 9.17) is 0 Å². The van der Waals surface area contributed by atoms with Gasteiger partial charge in [-0.05, 0) is 72.0 Å². The Balaban J connectivity index is 1.41. The van der Waals surface area contributed by atoms with Crippen molar-refractivity contribution in [3.8, 4) is 5.69 Å². The quantitative estimate of drug-likeness (QED) is 0.699. The number of nitrogens with zero attached hydrogens (tertiary/aromatic N) is 5. The Hall–Kier alpha value is -3.29. The molecule has 4 rings (SSSR count). The predicted octanol–water partition coefficient (Wildman–Crippen LogP) is 3.53. The molecule has 1 saturated heterocycles. The monoisotopic (exact) mass is 408 g/mol. The highest BCUT2D eigenvalue weighted by molar-refractivity contribution is 5.92. The number of anilines is 2. The third-order valence-corrected chi connectivity index (χ3v) is 5.60. The molecule has 2 aromatic carbocycles. The van der Waals surface area contributed by atoms with Gasteiger partial charge in [0.05, 0.1) is 5.69 Å². The van der Waals surface area contributed by atoms with E-state index in [2.05, 4.69) is 44.8 Å². The number of halogens is 1. The molecule has 2 heterocycles. The summed E-state index contributed by atoms with van der Waals surface area (Å²) in [5, 5.41) is 15.1. The maximum atomic E-state index is 13.7. The fraction of sp³-hybridized carbons (Fsp3) is 0.364. The maximum absolute atomic E-state index is 13.7. The Morgan fingerprint density at radius 2 is 2.00 bits per heavy atom. The van der Waals surface area contributed by atoms with E-state index in [0.29, 0.717) is 43.1 Å². The number of benzene rings is 2. The van der Waals surface area contributed by atoms with Gasteiger partial charge in [0, 0.05) is 24.7 Å². The van der Waals surface area contributed by atoms with E-state index in [1.165, 1.54) is 11.6 Å². The first-order valence-corrected chi connectivity index (χ1v) is 10.2. The minimum atomic E-state index is -0.318. The molecule has 1 aromatic heterocycles. The summed E-state index contributed by atoms with van der Waals surface area (Å²) in [6.45, 7) is 5.16. The number of hydrogen-bond donors (Lipinski definition) is 1. The Labute approximate surface area is 174 Å². The van der Waals surface area contributed by atoms with Gasteiger partial charge in [0.1, 0.15) is 5.82 Å². The highest BCUT2D eigenvalue weighted by atomic mass is 19.1. The molecule has 3 aromatic rings. The Morgan fingerprint density at radius 1 is 1.20 bits per heavy atom. The van der Waals surface area contributed by atoms with Crippen molar-refractivity contribution in [1.82, 2.24) is 20.2 Å². The zero-order chi connectivity index (χ0) is 21.1. The Bertz CT molecular complexity index is 1040. The molecule has 0 radical (unpaired) electrons. The number of hydrogen-bond acceptors (Lipinski definition) is 5. The average molecular weight is 408 g/mol. The standard InChI is InChI=1S/C22H25FN6O/c1-3-16-5-4-6-19(13-16)29-22(25-26-27-29)28-11-9-17(10-12-28)21(30)24-18-8-7-15(2)20(23)14-18/h4-8,13-14,17H,3,9-12H2,1-2H3,(H,24,30). The molecule has 30 heavy (non-hydrogen) atoms. The molecular formula is C22H25FN6O. The summed E-state index contributed by atoms with van der Waals surface area (Å²) in [6, 6.07) is 12.9. The summed E-state index contributed by atoms with van der Waals surface area (Å²) >= 11 is 0. The number of aryl methyl sites for hydroxylation is 2. The minimum absolute atomic E-state index is 0.0758. The molecule has 0 spiro atoms. The van der Waals surface area contributed by atoms with Gasteiger partial charge in [0.25, 0.3) is 0 Å². The van der Waals surface area contributed by atoms with E-state index in [1.54, 1.807) is 23.7 Å². The summed E-state index contributed by atoms with van der Waals surface area (Å²) in [4.78, 5) is 14.7.